The number of hydrogen-bond donors (Lipinski definition) is 2. The lowest BCUT2D eigenvalue weighted by molar-refractivity contribution is 0.175. The van der Waals surface area contributed by atoms with Gasteiger partial charge in [-0.25, -0.2) is 4.98 Å². The quantitative estimate of drug-likeness (QED) is 0.229. The van der Waals surface area contributed by atoms with Crippen LogP contribution in [0.5, 0.6) is 0 Å². The Morgan fingerprint density at radius 2 is 1.21 bits per heavy atom. The van der Waals surface area contributed by atoms with Crippen molar-refractivity contribution in [1.29, 1.82) is 0 Å². The van der Waals surface area contributed by atoms with Gasteiger partial charge in [0.25, 0.3) is 0 Å². The summed E-state index contributed by atoms with van der Waals surface area (Å²) in [5, 5.41) is 9.68. The van der Waals surface area contributed by atoms with Crippen LogP contribution in [0.3, 0.4) is 0 Å². The average Bonchev–Trinajstić information content (AvgIpc) is 2.70. The maximum absolute atomic E-state index is 9.68. The predicted octanol–water partition coefficient (Wildman–Crippen LogP) is 6.25. The minimum Gasteiger partial charge on any atom is -0.423 e. The fraction of sp³-hybridized carbons (Fsp3) is 0.826. The SMILES string of the molecule is CCCCCCCCCCCCCCCCCCCN=c1ccnc(N)n1O. The van der Waals surface area contributed by atoms with E-state index in [2.05, 4.69) is 16.9 Å². The Bertz CT molecular complexity index is 542. The van der Waals surface area contributed by atoms with Crippen LogP contribution in [0.2, 0.25) is 0 Å². The van der Waals surface area contributed by atoms with Gasteiger partial charge in [0.1, 0.15) is 0 Å². The van der Waals surface area contributed by atoms with Crippen LogP contribution in [0, 0.1) is 0 Å². The topological polar surface area (TPSA) is 76.4 Å². The molecule has 162 valence electrons. The molecule has 0 aliphatic heterocycles. The van der Waals surface area contributed by atoms with Crippen molar-refractivity contribution in [3.8, 4) is 0 Å². The second-order valence-electron chi connectivity index (χ2n) is 8.01. The van der Waals surface area contributed by atoms with Crippen LogP contribution in [0.15, 0.2) is 17.3 Å². The zero-order valence-electron chi connectivity index (χ0n) is 18.2. The molecule has 0 saturated carbocycles. The summed E-state index contributed by atoms with van der Waals surface area (Å²) in [5.41, 5.74) is 6.01. The number of nitrogens with two attached hydrogens (primary N) is 1. The highest BCUT2D eigenvalue weighted by Gasteiger charge is 1.96. The van der Waals surface area contributed by atoms with Crippen molar-refractivity contribution in [2.24, 2.45) is 4.99 Å². The summed E-state index contributed by atoms with van der Waals surface area (Å²) in [6.45, 7) is 3.01. The summed E-state index contributed by atoms with van der Waals surface area (Å²) in [6, 6.07) is 1.67. The van der Waals surface area contributed by atoms with Gasteiger partial charge < -0.3 is 10.9 Å². The van der Waals surface area contributed by atoms with Crippen LogP contribution >= 0.6 is 0 Å². The Hall–Kier alpha value is -1.52. The van der Waals surface area contributed by atoms with Crippen LogP contribution in [0.4, 0.5) is 5.95 Å². The number of aromatic nitrogens is 2. The van der Waals surface area contributed by atoms with Gasteiger partial charge in [0.15, 0.2) is 5.49 Å². The monoisotopic (exact) mass is 392 g/mol. The van der Waals surface area contributed by atoms with Crippen LogP contribution in [0.1, 0.15) is 116 Å². The van der Waals surface area contributed by atoms with E-state index in [0.717, 1.165) is 17.7 Å². The fourth-order valence-electron chi connectivity index (χ4n) is 3.57. The van der Waals surface area contributed by atoms with E-state index in [-0.39, 0.29) is 5.95 Å². The standard InChI is InChI=1S/C23H44N4O/c1-2-3-4-5-6-7-8-9-10-11-12-13-14-15-16-17-18-20-25-22-19-21-26-23(24)27(22)28/h19,21,28H,2-18,20H2,1H3,(H2,24,26). The number of anilines is 1. The Balaban J connectivity index is 1.82. The molecule has 0 aliphatic carbocycles. The van der Waals surface area contributed by atoms with E-state index in [4.69, 9.17) is 5.73 Å². The molecule has 5 nitrogen and oxygen atoms in total. The van der Waals surface area contributed by atoms with Gasteiger partial charge in [-0.3, -0.25) is 4.99 Å². The van der Waals surface area contributed by atoms with Crippen molar-refractivity contribution < 1.29 is 5.21 Å². The highest BCUT2D eigenvalue weighted by molar-refractivity contribution is 5.13. The molecule has 0 unspecified atom stereocenters. The lowest BCUT2D eigenvalue weighted by atomic mass is 10.0. The van der Waals surface area contributed by atoms with Gasteiger partial charge in [-0.2, -0.15) is 0 Å². The minimum atomic E-state index is 0.0728. The maximum atomic E-state index is 9.68. The number of hydrogen-bond acceptors (Lipinski definition) is 4. The van der Waals surface area contributed by atoms with E-state index >= 15 is 0 Å². The lowest BCUT2D eigenvalue weighted by Crippen LogP contribution is -2.22. The van der Waals surface area contributed by atoms with Crippen molar-refractivity contribution in [3.05, 3.63) is 17.8 Å². The summed E-state index contributed by atoms with van der Waals surface area (Å²) in [6.07, 6.45) is 24.9. The van der Waals surface area contributed by atoms with Crippen molar-refractivity contribution in [3.63, 3.8) is 0 Å². The molecule has 5 heteroatoms. The Labute approximate surface area is 172 Å². The van der Waals surface area contributed by atoms with E-state index in [1.165, 1.54) is 103 Å². The largest absolute Gasteiger partial charge is 0.423 e. The molecule has 0 aliphatic rings. The molecular formula is C23H44N4O. The summed E-state index contributed by atoms with van der Waals surface area (Å²) in [7, 11) is 0. The zero-order chi connectivity index (χ0) is 20.3. The Morgan fingerprint density at radius 1 is 0.786 bits per heavy atom. The van der Waals surface area contributed by atoms with Crippen molar-refractivity contribution in [2.75, 3.05) is 12.3 Å². The van der Waals surface area contributed by atoms with Crippen LogP contribution in [-0.2, 0) is 0 Å². The highest BCUT2D eigenvalue weighted by atomic mass is 16.5. The van der Waals surface area contributed by atoms with E-state index < -0.39 is 0 Å². The van der Waals surface area contributed by atoms with Gasteiger partial charge in [0.05, 0.1) is 0 Å². The number of unbranched alkanes of at least 4 members (excludes halogenated alkanes) is 16. The summed E-state index contributed by atoms with van der Waals surface area (Å²) >= 11 is 0. The second kappa shape index (κ2) is 17.6. The first-order chi connectivity index (χ1) is 13.8. The van der Waals surface area contributed by atoms with Crippen molar-refractivity contribution in [2.45, 2.75) is 116 Å². The van der Waals surface area contributed by atoms with Crippen molar-refractivity contribution >= 4 is 5.95 Å². The van der Waals surface area contributed by atoms with E-state index in [0.29, 0.717) is 5.49 Å². The fourth-order valence-corrected chi connectivity index (χ4v) is 3.57. The maximum Gasteiger partial charge on any atom is 0.236 e. The summed E-state index contributed by atoms with van der Waals surface area (Å²) in [4.78, 5) is 8.17. The molecule has 1 rings (SSSR count). The van der Waals surface area contributed by atoms with Crippen molar-refractivity contribution in [1.82, 2.24) is 9.71 Å². The third-order valence-corrected chi connectivity index (χ3v) is 5.40. The third-order valence-electron chi connectivity index (χ3n) is 5.40. The molecule has 0 aromatic carbocycles. The number of nitrogens with zero attached hydrogens (tertiary/aromatic N) is 3. The average molecular weight is 393 g/mol. The minimum absolute atomic E-state index is 0.0728. The molecule has 3 N–H and O–H groups in total. The molecule has 0 fully saturated rings. The first-order valence-electron chi connectivity index (χ1n) is 11.8. The van der Waals surface area contributed by atoms with Gasteiger partial charge in [-0.15, -0.1) is 4.73 Å². The van der Waals surface area contributed by atoms with Crippen LogP contribution < -0.4 is 11.2 Å². The molecule has 1 aromatic rings. The van der Waals surface area contributed by atoms with E-state index in [1.54, 1.807) is 12.3 Å². The first kappa shape index (κ1) is 24.5. The van der Waals surface area contributed by atoms with Gasteiger partial charge >= 0.3 is 0 Å². The smallest absolute Gasteiger partial charge is 0.236 e. The highest BCUT2D eigenvalue weighted by Crippen LogP contribution is 2.14. The Kier molecular flexibility index (Phi) is 15.4. The molecule has 0 saturated heterocycles. The molecule has 0 bridgehead atoms. The molecule has 0 radical (unpaired) electrons. The van der Waals surface area contributed by atoms with E-state index in [1.807, 2.05) is 0 Å². The summed E-state index contributed by atoms with van der Waals surface area (Å²) < 4.78 is 0.841. The van der Waals surface area contributed by atoms with Crippen LogP contribution in [-0.4, -0.2) is 21.5 Å². The predicted molar refractivity (Wildman–Crippen MR) is 118 cm³/mol. The lowest BCUT2D eigenvalue weighted by Gasteiger charge is -2.03. The van der Waals surface area contributed by atoms with Crippen LogP contribution in [0.25, 0.3) is 0 Å². The Morgan fingerprint density at radius 3 is 1.68 bits per heavy atom. The normalized spacial score (nSPS) is 12.0. The summed E-state index contributed by atoms with van der Waals surface area (Å²) in [5.74, 6) is 0.0728. The number of nitrogen functional groups attached to an aromatic ring is 1. The second-order valence-corrected chi connectivity index (χ2v) is 8.01. The van der Waals surface area contributed by atoms with Gasteiger partial charge in [-0.1, -0.05) is 110 Å². The molecule has 0 amide bonds. The zero-order valence-corrected chi connectivity index (χ0v) is 18.2. The van der Waals surface area contributed by atoms with Gasteiger partial charge in [0, 0.05) is 18.8 Å². The van der Waals surface area contributed by atoms with Gasteiger partial charge in [-0.05, 0) is 6.42 Å². The molecule has 1 aromatic heterocycles. The molecule has 1 heterocycles. The molecule has 28 heavy (non-hydrogen) atoms. The van der Waals surface area contributed by atoms with E-state index in [9.17, 15) is 5.21 Å². The van der Waals surface area contributed by atoms with Gasteiger partial charge in [0.2, 0.25) is 5.95 Å². The third kappa shape index (κ3) is 12.8. The molecule has 0 atom stereocenters. The molecular weight excluding hydrogens is 348 g/mol. The molecule has 0 spiro atoms. The number of rotatable bonds is 18. The first-order valence-corrected chi connectivity index (χ1v) is 11.8.